The zero-order valence-corrected chi connectivity index (χ0v) is 25.9. The van der Waals surface area contributed by atoms with Gasteiger partial charge in [0.15, 0.2) is 0 Å². The summed E-state index contributed by atoms with van der Waals surface area (Å²) in [7, 11) is 0. The molecule has 0 amide bonds. The number of hydrogen-bond acceptors (Lipinski definition) is 2. The van der Waals surface area contributed by atoms with Crippen LogP contribution in [0.5, 0.6) is 0 Å². The highest BCUT2D eigenvalue weighted by Crippen LogP contribution is 2.45. The maximum atomic E-state index is 4.75. The number of nitrogens with zero attached hydrogens (tertiary/aromatic N) is 2. The predicted molar refractivity (Wildman–Crippen MR) is 194 cm³/mol. The number of aryl methyl sites for hydroxylation is 2. The van der Waals surface area contributed by atoms with Gasteiger partial charge in [-0.3, -0.25) is 9.97 Å². The average molecular weight is 589 g/mol. The van der Waals surface area contributed by atoms with E-state index in [1.165, 1.54) is 54.9 Å². The zero-order valence-electron chi connectivity index (χ0n) is 25.9. The van der Waals surface area contributed by atoms with Crippen LogP contribution in [0.1, 0.15) is 11.1 Å². The molecule has 2 heterocycles. The van der Waals surface area contributed by atoms with Crippen LogP contribution in [0.25, 0.3) is 77.4 Å². The molecule has 0 saturated heterocycles. The fourth-order valence-electron chi connectivity index (χ4n) is 6.56. The van der Waals surface area contributed by atoms with Gasteiger partial charge in [-0.1, -0.05) is 115 Å². The van der Waals surface area contributed by atoms with Crippen LogP contribution >= 0.6 is 0 Å². The summed E-state index contributed by atoms with van der Waals surface area (Å²) in [5.74, 6) is 0. The third-order valence-electron chi connectivity index (χ3n) is 8.85. The molecule has 8 rings (SSSR count). The number of fused-ring (bicyclic) bond motifs is 2. The first-order valence-electron chi connectivity index (χ1n) is 15.7. The van der Waals surface area contributed by atoms with Crippen LogP contribution in [0.15, 0.2) is 158 Å². The lowest BCUT2D eigenvalue weighted by molar-refractivity contribution is 1.27. The Morgan fingerprint density at radius 3 is 1.35 bits per heavy atom. The quantitative estimate of drug-likeness (QED) is 0.187. The first-order valence-corrected chi connectivity index (χ1v) is 15.7. The Bertz CT molecular complexity index is 2350. The number of pyridine rings is 2. The van der Waals surface area contributed by atoms with Gasteiger partial charge in [-0.15, -0.1) is 0 Å². The van der Waals surface area contributed by atoms with Gasteiger partial charge in [0.05, 0.1) is 11.4 Å². The van der Waals surface area contributed by atoms with Crippen LogP contribution in [-0.2, 0) is 0 Å². The molecule has 8 aromatic rings. The normalized spacial score (nSPS) is 11.3. The van der Waals surface area contributed by atoms with Gasteiger partial charge in [0.25, 0.3) is 0 Å². The lowest BCUT2D eigenvalue weighted by atomic mass is 9.84. The number of aromatic nitrogens is 2. The Kier molecular flexibility index (Phi) is 6.96. The van der Waals surface area contributed by atoms with E-state index >= 15 is 0 Å². The number of rotatable bonds is 5. The van der Waals surface area contributed by atoms with Crippen LogP contribution in [0, 0.1) is 13.8 Å². The van der Waals surface area contributed by atoms with Gasteiger partial charge in [0.2, 0.25) is 0 Å². The van der Waals surface area contributed by atoms with Crippen molar-refractivity contribution in [3.05, 3.63) is 169 Å². The second-order valence-corrected chi connectivity index (χ2v) is 12.0. The fraction of sp³-hybridized carbons (Fsp3) is 0.0455. The molecule has 2 aromatic heterocycles. The molecule has 0 aliphatic heterocycles. The molecule has 2 heteroatoms. The molecule has 0 unspecified atom stereocenters. The van der Waals surface area contributed by atoms with Crippen LogP contribution in [0.2, 0.25) is 0 Å². The minimum Gasteiger partial charge on any atom is -0.256 e. The molecule has 0 radical (unpaired) electrons. The lowest BCUT2D eigenvalue weighted by Gasteiger charge is -2.19. The molecule has 6 aromatic carbocycles. The van der Waals surface area contributed by atoms with Gasteiger partial charge in [0.1, 0.15) is 0 Å². The van der Waals surface area contributed by atoms with Crippen molar-refractivity contribution >= 4 is 21.5 Å². The smallest absolute Gasteiger partial charge is 0.0702 e. The van der Waals surface area contributed by atoms with Crippen molar-refractivity contribution in [1.82, 2.24) is 9.97 Å². The van der Waals surface area contributed by atoms with E-state index in [4.69, 9.17) is 9.97 Å². The Balaban J connectivity index is 1.43. The van der Waals surface area contributed by atoms with Gasteiger partial charge in [-0.2, -0.15) is 0 Å². The summed E-state index contributed by atoms with van der Waals surface area (Å²) in [6.07, 6.45) is 3.88. The summed E-state index contributed by atoms with van der Waals surface area (Å²) in [4.78, 5) is 9.49. The second kappa shape index (κ2) is 11.6. The zero-order chi connectivity index (χ0) is 31.0. The molecule has 0 atom stereocenters. The molecular weight excluding hydrogens is 556 g/mol. The summed E-state index contributed by atoms with van der Waals surface area (Å²) in [6.45, 7) is 4.15. The molecule has 0 fully saturated rings. The van der Waals surface area contributed by atoms with Crippen molar-refractivity contribution in [3.8, 4) is 55.9 Å². The SMILES string of the molecule is Cc1ccc(-c2cccc(-c3c4ccccc4c(-c4cccc(-c5ccc(C)cn5)c4)c4cc(-c5ccccc5)ccc34)c2)nc1. The van der Waals surface area contributed by atoms with Crippen molar-refractivity contribution < 1.29 is 0 Å². The highest BCUT2D eigenvalue weighted by molar-refractivity contribution is 6.22. The first kappa shape index (κ1) is 27.7. The molecule has 218 valence electrons. The van der Waals surface area contributed by atoms with Crippen molar-refractivity contribution in [2.45, 2.75) is 13.8 Å². The van der Waals surface area contributed by atoms with E-state index in [1.807, 2.05) is 12.4 Å². The van der Waals surface area contributed by atoms with E-state index in [0.717, 1.165) is 33.6 Å². The summed E-state index contributed by atoms with van der Waals surface area (Å²) in [5, 5.41) is 4.90. The largest absolute Gasteiger partial charge is 0.256 e. The Morgan fingerprint density at radius 2 is 0.804 bits per heavy atom. The Morgan fingerprint density at radius 1 is 0.326 bits per heavy atom. The molecule has 0 spiro atoms. The third-order valence-corrected chi connectivity index (χ3v) is 8.85. The minimum atomic E-state index is 0.976. The predicted octanol–water partition coefficient (Wildman–Crippen LogP) is 11.7. The van der Waals surface area contributed by atoms with Gasteiger partial charge in [-0.05, 0) is 110 Å². The maximum Gasteiger partial charge on any atom is 0.0702 e. The number of benzene rings is 6. The van der Waals surface area contributed by atoms with Crippen molar-refractivity contribution in [1.29, 1.82) is 0 Å². The molecule has 46 heavy (non-hydrogen) atoms. The Hall–Kier alpha value is -5.86. The monoisotopic (exact) mass is 588 g/mol. The van der Waals surface area contributed by atoms with Crippen molar-refractivity contribution in [2.24, 2.45) is 0 Å². The molecule has 2 nitrogen and oxygen atoms in total. The summed E-state index contributed by atoms with van der Waals surface area (Å²) < 4.78 is 0. The van der Waals surface area contributed by atoms with Crippen LogP contribution in [-0.4, -0.2) is 9.97 Å². The molecule has 0 aliphatic rings. The highest BCUT2D eigenvalue weighted by atomic mass is 14.7. The summed E-state index contributed by atoms with van der Waals surface area (Å²) in [6, 6.07) is 52.5. The second-order valence-electron chi connectivity index (χ2n) is 12.0. The van der Waals surface area contributed by atoms with Crippen LogP contribution in [0.4, 0.5) is 0 Å². The van der Waals surface area contributed by atoms with E-state index in [0.29, 0.717) is 0 Å². The molecule has 0 saturated carbocycles. The third kappa shape index (κ3) is 5.04. The van der Waals surface area contributed by atoms with E-state index in [9.17, 15) is 0 Å². The van der Waals surface area contributed by atoms with Gasteiger partial charge >= 0.3 is 0 Å². The fourth-order valence-corrected chi connectivity index (χ4v) is 6.56. The van der Waals surface area contributed by atoms with Gasteiger partial charge in [0, 0.05) is 23.5 Å². The van der Waals surface area contributed by atoms with Gasteiger partial charge in [-0.25, -0.2) is 0 Å². The first-order chi connectivity index (χ1) is 22.6. The molecule has 0 bridgehead atoms. The van der Waals surface area contributed by atoms with E-state index in [1.54, 1.807) is 0 Å². The van der Waals surface area contributed by atoms with E-state index < -0.39 is 0 Å². The van der Waals surface area contributed by atoms with Gasteiger partial charge < -0.3 is 0 Å². The standard InChI is InChI=1S/C44H32N2/c1-29-18-22-41(45-27-29)33-12-8-14-35(24-33)43-37-16-6-7-17-38(37)44(36-15-9-13-34(25-36)42-23-19-30(2)28-46-42)40-26-32(20-21-39(40)43)31-10-4-3-5-11-31/h3-28H,1-2H3. The Labute approximate surface area is 269 Å². The van der Waals surface area contributed by atoms with Crippen LogP contribution in [0.3, 0.4) is 0 Å². The van der Waals surface area contributed by atoms with Crippen LogP contribution < -0.4 is 0 Å². The summed E-state index contributed by atoms with van der Waals surface area (Å²) >= 11 is 0. The molecule has 0 aliphatic carbocycles. The average Bonchev–Trinajstić information content (AvgIpc) is 3.11. The molecule has 0 N–H and O–H groups in total. The highest BCUT2D eigenvalue weighted by Gasteiger charge is 2.18. The summed E-state index contributed by atoms with van der Waals surface area (Å²) in [5.41, 5.74) is 13.7. The lowest BCUT2D eigenvalue weighted by Crippen LogP contribution is -1.93. The van der Waals surface area contributed by atoms with Crippen molar-refractivity contribution in [2.75, 3.05) is 0 Å². The molecular formula is C44H32N2. The topological polar surface area (TPSA) is 25.8 Å². The van der Waals surface area contributed by atoms with E-state index in [-0.39, 0.29) is 0 Å². The number of hydrogen-bond donors (Lipinski definition) is 0. The minimum absolute atomic E-state index is 0.976. The maximum absolute atomic E-state index is 4.75. The van der Waals surface area contributed by atoms with Crippen molar-refractivity contribution in [3.63, 3.8) is 0 Å². The van der Waals surface area contributed by atoms with E-state index in [2.05, 4.69) is 159 Å².